The van der Waals surface area contributed by atoms with E-state index < -0.39 is 11.4 Å². The van der Waals surface area contributed by atoms with E-state index >= 15 is 0 Å². The van der Waals surface area contributed by atoms with Gasteiger partial charge in [0.1, 0.15) is 0 Å². The van der Waals surface area contributed by atoms with Gasteiger partial charge in [0.25, 0.3) is 0 Å². The summed E-state index contributed by atoms with van der Waals surface area (Å²) in [6, 6.07) is 5.69. The number of carboxylic acids is 1. The highest BCUT2D eigenvalue weighted by molar-refractivity contribution is 7.98. The van der Waals surface area contributed by atoms with Gasteiger partial charge >= 0.3 is 5.97 Å². The fraction of sp³-hybridized carbons (Fsp3) is 0.417. The Morgan fingerprint density at radius 2 is 2.06 bits per heavy atom. The van der Waals surface area contributed by atoms with Crippen LogP contribution in [0.25, 0.3) is 0 Å². The van der Waals surface area contributed by atoms with E-state index in [0.717, 1.165) is 10.5 Å². The van der Waals surface area contributed by atoms with Crippen LogP contribution in [-0.2, 0) is 11.2 Å². The largest absolute Gasteiger partial charge is 0.481 e. The molecule has 4 heteroatoms. The van der Waals surface area contributed by atoms with E-state index in [1.807, 2.05) is 24.5 Å². The van der Waals surface area contributed by atoms with Crippen LogP contribution < -0.4 is 0 Å². The van der Waals surface area contributed by atoms with Gasteiger partial charge in [-0.3, -0.25) is 4.79 Å². The zero-order chi connectivity index (χ0) is 12.3. The number of aliphatic carboxylic acids is 1. The minimum atomic E-state index is -0.793. The van der Waals surface area contributed by atoms with Crippen molar-refractivity contribution in [2.24, 2.45) is 5.41 Å². The molecule has 1 aromatic carbocycles. The molecule has 0 aromatic heterocycles. The molecule has 0 saturated carbocycles. The number of thioether (sulfide) groups is 1. The lowest BCUT2D eigenvalue weighted by Gasteiger charge is -2.19. The third kappa shape index (κ3) is 3.42. The Morgan fingerprint density at radius 3 is 2.56 bits per heavy atom. The fourth-order valence-corrected chi connectivity index (χ4v) is 2.26. The molecule has 0 spiro atoms. The van der Waals surface area contributed by atoms with E-state index in [1.54, 1.807) is 25.6 Å². The zero-order valence-corrected chi connectivity index (χ0v) is 11.2. The van der Waals surface area contributed by atoms with Crippen molar-refractivity contribution in [3.63, 3.8) is 0 Å². The first-order valence-corrected chi connectivity index (χ1v) is 6.52. The Bertz CT molecular complexity index is 402. The minimum absolute atomic E-state index is 0.483. The summed E-state index contributed by atoms with van der Waals surface area (Å²) in [6.07, 6.45) is 2.45. The molecule has 16 heavy (non-hydrogen) atoms. The maximum Gasteiger partial charge on any atom is 0.309 e. The Labute approximate surface area is 105 Å². The lowest BCUT2D eigenvalue weighted by Crippen LogP contribution is -2.26. The molecule has 0 aliphatic carbocycles. The van der Waals surface area contributed by atoms with Crippen LogP contribution in [0.15, 0.2) is 23.1 Å². The van der Waals surface area contributed by atoms with Crippen molar-refractivity contribution in [1.82, 2.24) is 0 Å². The molecule has 0 amide bonds. The Morgan fingerprint density at radius 1 is 1.44 bits per heavy atom. The first-order valence-electron chi connectivity index (χ1n) is 4.92. The molecular weight excluding hydrogens is 244 g/mol. The van der Waals surface area contributed by atoms with Crippen LogP contribution in [0.1, 0.15) is 19.4 Å². The van der Waals surface area contributed by atoms with E-state index in [0.29, 0.717) is 11.4 Å². The predicted molar refractivity (Wildman–Crippen MR) is 68.4 cm³/mol. The number of carboxylic acid groups (broad SMARTS) is 1. The first kappa shape index (κ1) is 13.4. The van der Waals surface area contributed by atoms with Gasteiger partial charge in [-0.25, -0.2) is 0 Å². The molecule has 0 radical (unpaired) electrons. The summed E-state index contributed by atoms with van der Waals surface area (Å²) in [7, 11) is 0. The third-order valence-corrected chi connectivity index (χ3v) is 3.32. The first-order chi connectivity index (χ1) is 7.35. The summed E-state index contributed by atoms with van der Waals surface area (Å²) in [6.45, 7) is 3.43. The number of rotatable bonds is 4. The molecular formula is C12H15ClO2S. The van der Waals surface area contributed by atoms with Gasteiger partial charge < -0.3 is 5.11 Å². The molecule has 0 aliphatic rings. The van der Waals surface area contributed by atoms with Crippen LogP contribution in [0.2, 0.25) is 5.02 Å². The molecule has 1 rings (SSSR count). The van der Waals surface area contributed by atoms with Crippen molar-refractivity contribution in [1.29, 1.82) is 0 Å². The van der Waals surface area contributed by atoms with Gasteiger partial charge in [-0.2, -0.15) is 0 Å². The highest BCUT2D eigenvalue weighted by Gasteiger charge is 2.27. The predicted octanol–water partition coefficient (Wildman–Crippen LogP) is 3.72. The van der Waals surface area contributed by atoms with Crippen LogP contribution in [0, 0.1) is 5.41 Å². The van der Waals surface area contributed by atoms with Crippen LogP contribution >= 0.6 is 23.4 Å². The Hall–Kier alpha value is -0.670. The van der Waals surface area contributed by atoms with Crippen molar-refractivity contribution in [3.8, 4) is 0 Å². The molecule has 0 bridgehead atoms. The SMILES string of the molecule is CSc1cc(Cl)cc(CC(C)(C)C(=O)O)c1. The van der Waals surface area contributed by atoms with Gasteiger partial charge in [-0.1, -0.05) is 11.6 Å². The molecule has 0 aliphatic heterocycles. The number of carbonyl (C=O) groups is 1. The number of halogens is 1. The molecule has 1 aromatic rings. The monoisotopic (exact) mass is 258 g/mol. The smallest absolute Gasteiger partial charge is 0.309 e. The maximum atomic E-state index is 11.0. The van der Waals surface area contributed by atoms with Crippen LogP contribution in [-0.4, -0.2) is 17.3 Å². The number of hydrogen-bond donors (Lipinski definition) is 1. The van der Waals surface area contributed by atoms with E-state index in [-0.39, 0.29) is 0 Å². The normalized spacial score (nSPS) is 11.5. The standard InChI is InChI=1S/C12H15ClO2S/c1-12(2,11(14)15)7-8-4-9(13)6-10(5-8)16-3/h4-6H,7H2,1-3H3,(H,14,15). The number of hydrogen-bond acceptors (Lipinski definition) is 2. The van der Waals surface area contributed by atoms with Gasteiger partial charge in [0, 0.05) is 9.92 Å². The maximum absolute atomic E-state index is 11.0. The van der Waals surface area contributed by atoms with Crippen molar-refractivity contribution in [2.75, 3.05) is 6.26 Å². The molecule has 0 fully saturated rings. The third-order valence-electron chi connectivity index (χ3n) is 2.39. The molecule has 1 N–H and O–H groups in total. The van der Waals surface area contributed by atoms with Gasteiger partial charge in [-0.05, 0) is 50.3 Å². The average molecular weight is 259 g/mol. The Balaban J connectivity index is 2.97. The molecule has 0 saturated heterocycles. The highest BCUT2D eigenvalue weighted by Crippen LogP contribution is 2.27. The molecule has 88 valence electrons. The second-order valence-corrected chi connectivity index (χ2v) is 5.68. The van der Waals surface area contributed by atoms with Gasteiger partial charge in [0.05, 0.1) is 5.41 Å². The van der Waals surface area contributed by atoms with Gasteiger partial charge in [-0.15, -0.1) is 11.8 Å². The number of benzene rings is 1. The van der Waals surface area contributed by atoms with Crippen molar-refractivity contribution >= 4 is 29.3 Å². The van der Waals surface area contributed by atoms with Crippen LogP contribution in [0.4, 0.5) is 0 Å². The van der Waals surface area contributed by atoms with E-state index in [9.17, 15) is 4.79 Å². The van der Waals surface area contributed by atoms with Crippen molar-refractivity contribution in [3.05, 3.63) is 28.8 Å². The van der Waals surface area contributed by atoms with E-state index in [4.69, 9.17) is 16.7 Å². The highest BCUT2D eigenvalue weighted by atomic mass is 35.5. The summed E-state index contributed by atoms with van der Waals surface area (Å²) >= 11 is 7.58. The lowest BCUT2D eigenvalue weighted by atomic mass is 9.86. The average Bonchev–Trinajstić information content (AvgIpc) is 2.15. The summed E-state index contributed by atoms with van der Waals surface area (Å²) in [5, 5.41) is 9.72. The minimum Gasteiger partial charge on any atom is -0.481 e. The van der Waals surface area contributed by atoms with E-state index in [1.165, 1.54) is 0 Å². The lowest BCUT2D eigenvalue weighted by molar-refractivity contribution is -0.146. The van der Waals surface area contributed by atoms with Crippen molar-refractivity contribution < 1.29 is 9.90 Å². The second kappa shape index (κ2) is 5.11. The molecule has 0 heterocycles. The summed E-state index contributed by atoms with van der Waals surface area (Å²) in [4.78, 5) is 12.1. The molecule has 0 atom stereocenters. The van der Waals surface area contributed by atoms with Crippen LogP contribution in [0.5, 0.6) is 0 Å². The topological polar surface area (TPSA) is 37.3 Å². The summed E-state index contributed by atoms with van der Waals surface area (Å²) in [5.41, 5.74) is 0.199. The van der Waals surface area contributed by atoms with Crippen LogP contribution in [0.3, 0.4) is 0 Å². The summed E-state index contributed by atoms with van der Waals surface area (Å²) in [5.74, 6) is -0.793. The van der Waals surface area contributed by atoms with Gasteiger partial charge in [0.2, 0.25) is 0 Å². The van der Waals surface area contributed by atoms with E-state index in [2.05, 4.69) is 0 Å². The second-order valence-electron chi connectivity index (χ2n) is 4.37. The fourth-order valence-electron chi connectivity index (χ4n) is 1.43. The molecule has 2 nitrogen and oxygen atoms in total. The van der Waals surface area contributed by atoms with Gasteiger partial charge in [0.15, 0.2) is 0 Å². The summed E-state index contributed by atoms with van der Waals surface area (Å²) < 4.78 is 0. The zero-order valence-electron chi connectivity index (χ0n) is 9.58. The van der Waals surface area contributed by atoms with Crippen molar-refractivity contribution in [2.45, 2.75) is 25.2 Å². The Kier molecular flexibility index (Phi) is 4.28. The molecule has 0 unspecified atom stereocenters. The quantitative estimate of drug-likeness (QED) is 0.837.